The third-order valence-electron chi connectivity index (χ3n) is 1.56. The third-order valence-corrected chi connectivity index (χ3v) is 2.27. The van der Waals surface area contributed by atoms with Crippen molar-refractivity contribution in [1.29, 1.82) is 0 Å². The van der Waals surface area contributed by atoms with Crippen molar-refractivity contribution >= 4 is 23.2 Å². The summed E-state index contributed by atoms with van der Waals surface area (Å²) in [7, 11) is 0. The molecule has 0 saturated heterocycles. The Balaban J connectivity index is 2.47. The highest BCUT2D eigenvalue weighted by atomic mass is 35.5. The fourth-order valence-electron chi connectivity index (χ4n) is 0.932. The monoisotopic (exact) mass is 229 g/mol. The van der Waals surface area contributed by atoms with Gasteiger partial charge in [0.1, 0.15) is 5.69 Å². The van der Waals surface area contributed by atoms with Crippen LogP contribution in [0.25, 0.3) is 11.6 Å². The van der Waals surface area contributed by atoms with Crippen LogP contribution in [0.2, 0.25) is 10.0 Å². The van der Waals surface area contributed by atoms with E-state index in [-0.39, 0.29) is 0 Å². The zero-order valence-corrected chi connectivity index (χ0v) is 8.67. The fourth-order valence-corrected chi connectivity index (χ4v) is 1.19. The SMILES string of the molecule is Cc1noc(-c2cc(Cl)c(Cl)cn2)n1. The van der Waals surface area contributed by atoms with Gasteiger partial charge in [-0.15, -0.1) is 0 Å². The molecule has 72 valence electrons. The molecule has 0 spiro atoms. The van der Waals surface area contributed by atoms with E-state index in [2.05, 4.69) is 15.1 Å². The molecule has 0 radical (unpaired) electrons. The van der Waals surface area contributed by atoms with Crippen LogP contribution in [0.5, 0.6) is 0 Å². The highest BCUT2D eigenvalue weighted by molar-refractivity contribution is 6.42. The second-order valence-electron chi connectivity index (χ2n) is 2.63. The van der Waals surface area contributed by atoms with Gasteiger partial charge in [0.25, 0.3) is 5.89 Å². The Morgan fingerprint density at radius 2 is 2.07 bits per heavy atom. The number of hydrogen-bond acceptors (Lipinski definition) is 4. The molecule has 2 heterocycles. The van der Waals surface area contributed by atoms with Crippen LogP contribution in [0.4, 0.5) is 0 Å². The molecule has 0 fully saturated rings. The molecule has 0 bridgehead atoms. The largest absolute Gasteiger partial charge is 0.332 e. The standard InChI is InChI=1S/C8H5Cl2N3O/c1-4-12-8(14-13-4)7-2-5(9)6(10)3-11-7/h2-3H,1H3. The molecule has 14 heavy (non-hydrogen) atoms. The lowest BCUT2D eigenvalue weighted by Crippen LogP contribution is -1.83. The number of aromatic nitrogens is 3. The van der Waals surface area contributed by atoms with E-state index in [0.29, 0.717) is 27.5 Å². The van der Waals surface area contributed by atoms with Crippen LogP contribution in [0.15, 0.2) is 16.8 Å². The Hall–Kier alpha value is -1.13. The van der Waals surface area contributed by atoms with Gasteiger partial charge in [-0.2, -0.15) is 4.98 Å². The van der Waals surface area contributed by atoms with Crippen LogP contribution in [-0.4, -0.2) is 15.1 Å². The maximum Gasteiger partial charge on any atom is 0.276 e. The normalized spacial score (nSPS) is 10.5. The van der Waals surface area contributed by atoms with Gasteiger partial charge in [0.2, 0.25) is 0 Å². The van der Waals surface area contributed by atoms with Crippen LogP contribution in [-0.2, 0) is 0 Å². The summed E-state index contributed by atoms with van der Waals surface area (Å²) in [5.74, 6) is 0.883. The van der Waals surface area contributed by atoms with Gasteiger partial charge in [0, 0.05) is 6.20 Å². The number of aryl methyl sites for hydroxylation is 1. The molecular formula is C8H5Cl2N3O. The van der Waals surface area contributed by atoms with E-state index in [0.717, 1.165) is 0 Å². The molecule has 0 N–H and O–H groups in total. The molecule has 0 aromatic carbocycles. The minimum atomic E-state index is 0.334. The van der Waals surface area contributed by atoms with Gasteiger partial charge in [-0.25, -0.2) is 4.98 Å². The van der Waals surface area contributed by atoms with Crippen LogP contribution in [0, 0.1) is 6.92 Å². The van der Waals surface area contributed by atoms with Crippen molar-refractivity contribution in [1.82, 2.24) is 15.1 Å². The average molecular weight is 230 g/mol. The first-order valence-electron chi connectivity index (χ1n) is 3.78. The van der Waals surface area contributed by atoms with Crippen molar-refractivity contribution in [2.45, 2.75) is 6.92 Å². The molecule has 0 aliphatic heterocycles. The lowest BCUT2D eigenvalue weighted by atomic mass is 10.3. The Morgan fingerprint density at radius 3 is 2.64 bits per heavy atom. The molecule has 0 saturated carbocycles. The zero-order valence-electron chi connectivity index (χ0n) is 7.16. The smallest absolute Gasteiger partial charge is 0.276 e. The first kappa shape index (κ1) is 9.43. The summed E-state index contributed by atoms with van der Waals surface area (Å²) in [6.07, 6.45) is 1.44. The highest BCUT2D eigenvalue weighted by Gasteiger charge is 2.09. The van der Waals surface area contributed by atoms with Crippen LogP contribution in [0.1, 0.15) is 5.82 Å². The fraction of sp³-hybridized carbons (Fsp3) is 0.125. The van der Waals surface area contributed by atoms with E-state index in [1.54, 1.807) is 13.0 Å². The lowest BCUT2D eigenvalue weighted by molar-refractivity contribution is 0.424. The van der Waals surface area contributed by atoms with Crippen molar-refractivity contribution in [2.24, 2.45) is 0 Å². The molecule has 0 atom stereocenters. The van der Waals surface area contributed by atoms with E-state index in [9.17, 15) is 0 Å². The van der Waals surface area contributed by atoms with Crippen LogP contribution in [0.3, 0.4) is 0 Å². The van der Waals surface area contributed by atoms with E-state index in [4.69, 9.17) is 27.7 Å². The minimum Gasteiger partial charge on any atom is -0.332 e. The molecule has 4 nitrogen and oxygen atoms in total. The zero-order chi connectivity index (χ0) is 10.1. The first-order chi connectivity index (χ1) is 6.66. The van der Waals surface area contributed by atoms with Gasteiger partial charge in [-0.05, 0) is 13.0 Å². The third kappa shape index (κ3) is 1.71. The molecule has 0 amide bonds. The summed E-state index contributed by atoms with van der Waals surface area (Å²) in [6, 6.07) is 1.58. The predicted molar refractivity (Wildman–Crippen MR) is 52.3 cm³/mol. The van der Waals surface area contributed by atoms with E-state index in [1.807, 2.05) is 0 Å². The second kappa shape index (κ2) is 3.55. The highest BCUT2D eigenvalue weighted by Crippen LogP contribution is 2.25. The van der Waals surface area contributed by atoms with Gasteiger partial charge in [-0.3, -0.25) is 0 Å². The summed E-state index contributed by atoms with van der Waals surface area (Å²) < 4.78 is 4.92. The topological polar surface area (TPSA) is 51.8 Å². The number of halogens is 2. The van der Waals surface area contributed by atoms with E-state index < -0.39 is 0 Å². The molecular weight excluding hydrogens is 225 g/mol. The van der Waals surface area contributed by atoms with Crippen molar-refractivity contribution in [3.8, 4) is 11.6 Å². The van der Waals surface area contributed by atoms with E-state index >= 15 is 0 Å². The number of nitrogens with zero attached hydrogens (tertiary/aromatic N) is 3. The molecule has 0 aliphatic carbocycles. The molecule has 0 unspecified atom stereocenters. The van der Waals surface area contributed by atoms with Gasteiger partial charge in [0.15, 0.2) is 5.82 Å². The van der Waals surface area contributed by atoms with Gasteiger partial charge in [0.05, 0.1) is 10.0 Å². The second-order valence-corrected chi connectivity index (χ2v) is 3.44. The summed E-state index contributed by atoms with van der Waals surface area (Å²) in [6.45, 7) is 1.73. The van der Waals surface area contributed by atoms with Gasteiger partial charge >= 0.3 is 0 Å². The first-order valence-corrected chi connectivity index (χ1v) is 4.54. The molecule has 0 aliphatic rings. The maximum atomic E-state index is 5.81. The van der Waals surface area contributed by atoms with Crippen molar-refractivity contribution in [3.63, 3.8) is 0 Å². The Labute approximate surface area is 89.9 Å². The lowest BCUT2D eigenvalue weighted by Gasteiger charge is -1.96. The Bertz CT molecular complexity index is 469. The molecule has 6 heteroatoms. The number of hydrogen-bond donors (Lipinski definition) is 0. The molecule has 2 aromatic heterocycles. The van der Waals surface area contributed by atoms with Crippen LogP contribution >= 0.6 is 23.2 Å². The van der Waals surface area contributed by atoms with Crippen molar-refractivity contribution in [3.05, 3.63) is 28.1 Å². The predicted octanol–water partition coefficient (Wildman–Crippen LogP) is 2.75. The number of pyridine rings is 1. The maximum absolute atomic E-state index is 5.81. The summed E-state index contributed by atoms with van der Waals surface area (Å²) in [5, 5.41) is 4.45. The van der Waals surface area contributed by atoms with Crippen molar-refractivity contribution in [2.75, 3.05) is 0 Å². The van der Waals surface area contributed by atoms with Crippen molar-refractivity contribution < 1.29 is 4.52 Å². The van der Waals surface area contributed by atoms with E-state index in [1.165, 1.54) is 6.20 Å². The average Bonchev–Trinajstić information content (AvgIpc) is 2.57. The quantitative estimate of drug-likeness (QED) is 0.755. The Kier molecular flexibility index (Phi) is 2.39. The minimum absolute atomic E-state index is 0.334. The summed E-state index contributed by atoms with van der Waals surface area (Å²) in [5.41, 5.74) is 0.514. The van der Waals surface area contributed by atoms with Gasteiger partial charge in [-0.1, -0.05) is 28.4 Å². The Morgan fingerprint density at radius 1 is 1.29 bits per heavy atom. The summed E-state index contributed by atoms with van der Waals surface area (Å²) in [4.78, 5) is 8.02. The molecule has 2 rings (SSSR count). The van der Waals surface area contributed by atoms with Gasteiger partial charge < -0.3 is 4.52 Å². The van der Waals surface area contributed by atoms with Crippen LogP contribution < -0.4 is 0 Å². The molecule has 2 aromatic rings. The summed E-state index contributed by atoms with van der Waals surface area (Å²) >= 11 is 11.5. The number of rotatable bonds is 1.